The minimum Gasteiger partial charge on any atom is -0.386 e. The monoisotopic (exact) mass is 231 g/mol. The van der Waals surface area contributed by atoms with Crippen LogP contribution in [-0.2, 0) is 4.79 Å². The van der Waals surface area contributed by atoms with Gasteiger partial charge < -0.3 is 10.0 Å². The smallest absolute Gasteiger partial charge is 0.224 e. The summed E-state index contributed by atoms with van der Waals surface area (Å²) in [5.74, 6) is -0.00556. The van der Waals surface area contributed by atoms with Gasteiger partial charge in [0.15, 0.2) is 0 Å². The molecule has 3 atom stereocenters. The lowest BCUT2D eigenvalue weighted by atomic mass is 9.95. The van der Waals surface area contributed by atoms with Gasteiger partial charge >= 0.3 is 0 Å². The topological polar surface area (TPSA) is 40.5 Å². The zero-order valence-electron chi connectivity index (χ0n) is 10.1. The highest BCUT2D eigenvalue weighted by molar-refractivity contribution is 5.95. The minimum absolute atomic E-state index is 0.0429. The molecule has 0 unspecified atom stereocenters. The number of carbonyl (C=O) groups excluding carboxylic acids is 1. The molecule has 90 valence electrons. The number of amides is 1. The Morgan fingerprint density at radius 1 is 1.53 bits per heavy atom. The first-order chi connectivity index (χ1) is 8.07. The second-order valence-corrected chi connectivity index (χ2v) is 4.48. The quantitative estimate of drug-likeness (QED) is 0.793. The number of para-hydroxylation sites is 1. The Balaban J connectivity index is 2.51. The summed E-state index contributed by atoms with van der Waals surface area (Å²) in [6, 6.07) is 7.24. The van der Waals surface area contributed by atoms with Gasteiger partial charge in [-0.05, 0) is 12.0 Å². The fraction of sp³-hybridized carbons (Fsp3) is 0.357. The molecule has 0 saturated carbocycles. The lowest BCUT2D eigenvalue weighted by Gasteiger charge is -2.29. The van der Waals surface area contributed by atoms with Crippen molar-refractivity contribution in [3.63, 3.8) is 0 Å². The van der Waals surface area contributed by atoms with Crippen LogP contribution in [0.15, 0.2) is 36.9 Å². The number of nitrogens with zero attached hydrogens (tertiary/aromatic N) is 1. The Kier molecular flexibility index (Phi) is 3.03. The van der Waals surface area contributed by atoms with E-state index < -0.39 is 6.10 Å². The van der Waals surface area contributed by atoms with Crippen molar-refractivity contribution in [3.05, 3.63) is 42.5 Å². The first-order valence-electron chi connectivity index (χ1n) is 5.77. The maximum atomic E-state index is 11.8. The third-order valence-corrected chi connectivity index (χ3v) is 3.39. The van der Waals surface area contributed by atoms with E-state index in [4.69, 9.17) is 0 Å². The minimum atomic E-state index is -0.636. The first-order valence-corrected chi connectivity index (χ1v) is 5.77. The predicted octanol–water partition coefficient (Wildman–Crippen LogP) is 2.28. The number of anilines is 1. The third-order valence-electron chi connectivity index (χ3n) is 3.39. The third kappa shape index (κ3) is 1.76. The van der Waals surface area contributed by atoms with Crippen molar-refractivity contribution >= 4 is 11.6 Å². The second-order valence-electron chi connectivity index (χ2n) is 4.48. The molecule has 1 heterocycles. The molecule has 0 aliphatic carbocycles. The highest BCUT2D eigenvalue weighted by Crippen LogP contribution is 2.42. The van der Waals surface area contributed by atoms with E-state index in [1.807, 2.05) is 31.2 Å². The molecule has 0 saturated heterocycles. The number of benzene rings is 1. The Morgan fingerprint density at radius 3 is 2.76 bits per heavy atom. The zero-order chi connectivity index (χ0) is 12.6. The molecular formula is C14H17NO2. The average Bonchev–Trinajstić information content (AvgIpc) is 2.62. The predicted molar refractivity (Wildman–Crippen MR) is 67.7 cm³/mol. The van der Waals surface area contributed by atoms with E-state index in [1.54, 1.807) is 11.0 Å². The van der Waals surface area contributed by atoms with Crippen LogP contribution in [0.5, 0.6) is 0 Å². The Bertz CT molecular complexity index is 455. The van der Waals surface area contributed by atoms with Crippen molar-refractivity contribution in [1.82, 2.24) is 0 Å². The summed E-state index contributed by atoms with van der Waals surface area (Å²) in [5, 5.41) is 10.3. The van der Waals surface area contributed by atoms with Gasteiger partial charge in [0.1, 0.15) is 6.10 Å². The van der Waals surface area contributed by atoms with Gasteiger partial charge in [0.25, 0.3) is 0 Å². The molecule has 1 aliphatic rings. The lowest BCUT2D eigenvalue weighted by Crippen LogP contribution is -2.41. The molecule has 2 rings (SSSR count). The molecule has 1 aromatic carbocycles. The largest absolute Gasteiger partial charge is 0.386 e. The van der Waals surface area contributed by atoms with E-state index in [2.05, 4.69) is 6.58 Å². The molecule has 1 N–H and O–H groups in total. The van der Waals surface area contributed by atoms with Gasteiger partial charge in [0, 0.05) is 18.2 Å². The zero-order valence-corrected chi connectivity index (χ0v) is 10.1. The van der Waals surface area contributed by atoms with Crippen molar-refractivity contribution in [2.24, 2.45) is 5.92 Å². The summed E-state index contributed by atoms with van der Waals surface area (Å²) in [6.45, 7) is 7.23. The number of rotatable bonds is 2. The number of aliphatic hydroxyl groups is 1. The summed E-state index contributed by atoms with van der Waals surface area (Å²) >= 11 is 0. The SMILES string of the molecule is C=C[C@@H](C)[C@@H]1[C@H](O)c2ccccc2N1C(C)=O. The summed E-state index contributed by atoms with van der Waals surface area (Å²) in [5.41, 5.74) is 1.63. The van der Waals surface area contributed by atoms with Crippen molar-refractivity contribution < 1.29 is 9.90 Å². The van der Waals surface area contributed by atoms with E-state index in [0.29, 0.717) is 0 Å². The van der Waals surface area contributed by atoms with Gasteiger partial charge in [0.2, 0.25) is 5.91 Å². The van der Waals surface area contributed by atoms with Gasteiger partial charge in [-0.3, -0.25) is 4.79 Å². The number of hydrogen-bond donors (Lipinski definition) is 1. The second kappa shape index (κ2) is 4.34. The van der Waals surface area contributed by atoms with Crippen LogP contribution in [0, 0.1) is 5.92 Å². The van der Waals surface area contributed by atoms with Gasteiger partial charge in [-0.2, -0.15) is 0 Å². The van der Waals surface area contributed by atoms with Gasteiger partial charge in [-0.25, -0.2) is 0 Å². The van der Waals surface area contributed by atoms with Crippen LogP contribution in [-0.4, -0.2) is 17.1 Å². The fourth-order valence-electron chi connectivity index (χ4n) is 2.48. The van der Waals surface area contributed by atoms with E-state index in [1.165, 1.54) is 6.92 Å². The molecule has 1 aromatic rings. The van der Waals surface area contributed by atoms with Crippen molar-refractivity contribution in [3.8, 4) is 0 Å². The van der Waals surface area contributed by atoms with Crippen LogP contribution in [0.2, 0.25) is 0 Å². The number of carbonyl (C=O) groups is 1. The molecule has 1 amide bonds. The van der Waals surface area contributed by atoms with E-state index in [0.717, 1.165) is 11.3 Å². The highest BCUT2D eigenvalue weighted by Gasteiger charge is 2.41. The molecule has 0 radical (unpaired) electrons. The van der Waals surface area contributed by atoms with Gasteiger partial charge in [-0.15, -0.1) is 6.58 Å². The Morgan fingerprint density at radius 2 is 2.18 bits per heavy atom. The van der Waals surface area contributed by atoms with Crippen molar-refractivity contribution in [1.29, 1.82) is 0 Å². The molecule has 0 aromatic heterocycles. The van der Waals surface area contributed by atoms with Crippen LogP contribution in [0.25, 0.3) is 0 Å². The highest BCUT2D eigenvalue weighted by atomic mass is 16.3. The average molecular weight is 231 g/mol. The number of fused-ring (bicyclic) bond motifs is 1. The molecular weight excluding hydrogens is 214 g/mol. The first kappa shape index (κ1) is 11.9. The van der Waals surface area contributed by atoms with E-state index in [9.17, 15) is 9.90 Å². The Hall–Kier alpha value is -1.61. The molecule has 0 bridgehead atoms. The lowest BCUT2D eigenvalue weighted by molar-refractivity contribution is -0.117. The fourth-order valence-corrected chi connectivity index (χ4v) is 2.48. The maximum absolute atomic E-state index is 11.8. The standard InChI is InChI=1S/C14H17NO2/c1-4-9(2)13-14(17)11-7-5-6-8-12(11)15(13)10(3)16/h4-9,13-14,17H,1H2,2-3H3/t9-,13-,14-/m1/s1. The van der Waals surface area contributed by atoms with E-state index in [-0.39, 0.29) is 17.9 Å². The van der Waals surface area contributed by atoms with Gasteiger partial charge in [-0.1, -0.05) is 31.2 Å². The molecule has 1 aliphatic heterocycles. The van der Waals surface area contributed by atoms with Crippen molar-refractivity contribution in [2.45, 2.75) is 26.0 Å². The normalized spacial score (nSPS) is 24.3. The summed E-state index contributed by atoms with van der Waals surface area (Å²) in [4.78, 5) is 13.4. The van der Waals surface area contributed by atoms with Crippen LogP contribution < -0.4 is 4.90 Å². The number of hydrogen-bond acceptors (Lipinski definition) is 2. The molecule has 17 heavy (non-hydrogen) atoms. The Labute approximate surface area is 101 Å². The maximum Gasteiger partial charge on any atom is 0.224 e. The molecule has 3 heteroatoms. The molecule has 0 spiro atoms. The number of aliphatic hydroxyl groups excluding tert-OH is 1. The van der Waals surface area contributed by atoms with E-state index >= 15 is 0 Å². The van der Waals surface area contributed by atoms with Crippen LogP contribution in [0.4, 0.5) is 5.69 Å². The summed E-state index contributed by atoms with van der Waals surface area (Å²) in [7, 11) is 0. The van der Waals surface area contributed by atoms with Gasteiger partial charge in [0.05, 0.1) is 6.04 Å². The van der Waals surface area contributed by atoms with Crippen LogP contribution in [0.1, 0.15) is 25.5 Å². The van der Waals surface area contributed by atoms with Crippen LogP contribution in [0.3, 0.4) is 0 Å². The summed E-state index contributed by atoms with van der Waals surface area (Å²) < 4.78 is 0. The summed E-state index contributed by atoms with van der Waals surface area (Å²) in [6.07, 6.45) is 1.14. The molecule has 3 nitrogen and oxygen atoms in total. The van der Waals surface area contributed by atoms with Crippen molar-refractivity contribution in [2.75, 3.05) is 4.90 Å². The van der Waals surface area contributed by atoms with Crippen LogP contribution >= 0.6 is 0 Å². The molecule has 0 fully saturated rings.